The van der Waals surface area contributed by atoms with Crippen molar-refractivity contribution < 1.29 is 31.8 Å². The van der Waals surface area contributed by atoms with E-state index in [-0.39, 0.29) is 39.2 Å². The molecule has 2 unspecified atom stereocenters. The number of alkyl halides is 3. The average Bonchev–Trinajstić information content (AvgIpc) is 2.77. The van der Waals surface area contributed by atoms with Crippen LogP contribution in [0.25, 0.3) is 10.8 Å². The number of aliphatic hydroxyl groups is 1. The van der Waals surface area contributed by atoms with Crippen LogP contribution in [-0.2, 0) is 0 Å². The molecule has 10 heteroatoms. The Kier molecular flexibility index (Phi) is 7.14. The molecule has 0 saturated heterocycles. The highest BCUT2D eigenvalue weighted by molar-refractivity contribution is 6.30. The van der Waals surface area contributed by atoms with E-state index in [1.807, 2.05) is 0 Å². The Labute approximate surface area is 191 Å². The Morgan fingerprint density at radius 2 is 1.94 bits per heavy atom. The van der Waals surface area contributed by atoms with Crippen LogP contribution in [0.3, 0.4) is 0 Å². The van der Waals surface area contributed by atoms with Crippen molar-refractivity contribution in [3.8, 4) is 5.75 Å². The van der Waals surface area contributed by atoms with Crippen molar-refractivity contribution >= 4 is 34.3 Å². The molecule has 0 aliphatic heterocycles. The van der Waals surface area contributed by atoms with Gasteiger partial charge in [-0.25, -0.2) is 9.18 Å². The molecule has 0 radical (unpaired) electrons. The molecule has 0 aliphatic rings. The van der Waals surface area contributed by atoms with E-state index >= 15 is 0 Å². The maximum atomic E-state index is 14.4. The lowest BCUT2D eigenvalue weighted by Crippen LogP contribution is -2.47. The average molecular weight is 486 g/mol. The first-order valence-corrected chi connectivity index (χ1v) is 10.3. The molecule has 176 valence electrons. The standard InChI is InChI=1S/C23H20ClF4NO4/c1-3-13(14-7-8-17(24)19(25)20(14)32-2)11-22(31,23(26,27)28)12-29-18-6-4-5-16-15(18)9-10-33-21(16)30/h4-10,12-13,31H,3,11H2,1-2H3/b29-12+. The molecule has 0 aliphatic carbocycles. The van der Waals surface area contributed by atoms with E-state index in [0.717, 1.165) is 6.26 Å². The number of benzene rings is 2. The summed E-state index contributed by atoms with van der Waals surface area (Å²) in [6, 6.07) is 8.28. The molecule has 2 aromatic carbocycles. The van der Waals surface area contributed by atoms with E-state index in [4.69, 9.17) is 20.8 Å². The lowest BCUT2D eigenvalue weighted by molar-refractivity contribution is -0.232. The van der Waals surface area contributed by atoms with Crippen molar-refractivity contribution in [3.63, 3.8) is 0 Å². The number of hydrogen-bond acceptors (Lipinski definition) is 5. The van der Waals surface area contributed by atoms with Crippen molar-refractivity contribution in [2.75, 3.05) is 7.11 Å². The van der Waals surface area contributed by atoms with Gasteiger partial charge in [0.2, 0.25) is 0 Å². The summed E-state index contributed by atoms with van der Waals surface area (Å²) in [5, 5.41) is 10.8. The van der Waals surface area contributed by atoms with Crippen LogP contribution in [-0.4, -0.2) is 30.2 Å². The quantitative estimate of drug-likeness (QED) is 0.321. The Hall–Kier alpha value is -2.91. The minimum Gasteiger partial charge on any atom is -0.493 e. The number of fused-ring (bicyclic) bond motifs is 1. The van der Waals surface area contributed by atoms with Gasteiger partial charge in [-0.15, -0.1) is 0 Å². The minimum absolute atomic E-state index is 0.0474. The number of aliphatic imine (C=N–C) groups is 1. The molecule has 0 amide bonds. The zero-order valence-electron chi connectivity index (χ0n) is 17.6. The summed E-state index contributed by atoms with van der Waals surface area (Å²) < 4.78 is 66.1. The molecule has 1 heterocycles. The molecular weight excluding hydrogens is 466 g/mol. The molecule has 33 heavy (non-hydrogen) atoms. The number of hydrogen-bond donors (Lipinski definition) is 1. The number of methoxy groups -OCH3 is 1. The summed E-state index contributed by atoms with van der Waals surface area (Å²) in [7, 11) is 1.18. The summed E-state index contributed by atoms with van der Waals surface area (Å²) in [5.74, 6) is -2.12. The third-order valence-corrected chi connectivity index (χ3v) is 5.69. The SMILES string of the molecule is CCC(CC(O)(/C=N/c1cccc2c(=O)occc12)C(F)(F)F)c1ccc(Cl)c(F)c1OC. The predicted molar refractivity (Wildman–Crippen MR) is 117 cm³/mol. The molecule has 0 spiro atoms. The second-order valence-corrected chi connectivity index (χ2v) is 7.83. The van der Waals surface area contributed by atoms with Crippen molar-refractivity contribution in [3.05, 3.63) is 69.5 Å². The highest BCUT2D eigenvalue weighted by Crippen LogP contribution is 2.43. The first-order chi connectivity index (χ1) is 15.5. The van der Waals surface area contributed by atoms with Gasteiger partial charge in [0.15, 0.2) is 17.2 Å². The van der Waals surface area contributed by atoms with Gasteiger partial charge in [-0.1, -0.05) is 30.7 Å². The van der Waals surface area contributed by atoms with Crippen molar-refractivity contribution in [2.45, 2.75) is 37.5 Å². The topological polar surface area (TPSA) is 72.0 Å². The van der Waals surface area contributed by atoms with Crippen LogP contribution < -0.4 is 10.4 Å². The van der Waals surface area contributed by atoms with E-state index in [9.17, 15) is 27.5 Å². The summed E-state index contributed by atoms with van der Waals surface area (Å²) in [4.78, 5) is 15.7. The van der Waals surface area contributed by atoms with Crippen LogP contribution >= 0.6 is 11.6 Å². The van der Waals surface area contributed by atoms with Gasteiger partial charge in [0, 0.05) is 17.2 Å². The van der Waals surface area contributed by atoms with Crippen LogP contribution in [0.15, 0.2) is 56.9 Å². The second kappa shape index (κ2) is 9.52. The Bertz CT molecular complexity index is 1240. The molecule has 3 aromatic rings. The van der Waals surface area contributed by atoms with Gasteiger partial charge in [-0.3, -0.25) is 4.99 Å². The lowest BCUT2D eigenvalue weighted by atomic mass is 9.83. The maximum absolute atomic E-state index is 14.4. The third-order valence-electron chi connectivity index (χ3n) is 5.40. The Morgan fingerprint density at radius 3 is 2.58 bits per heavy atom. The normalized spacial score (nSPS) is 15.0. The van der Waals surface area contributed by atoms with E-state index in [1.54, 1.807) is 6.92 Å². The van der Waals surface area contributed by atoms with Crippen LogP contribution in [0.2, 0.25) is 5.02 Å². The highest BCUT2D eigenvalue weighted by Gasteiger charge is 2.53. The first kappa shape index (κ1) is 24.7. The van der Waals surface area contributed by atoms with Crippen molar-refractivity contribution in [1.29, 1.82) is 0 Å². The fraction of sp³-hybridized carbons (Fsp3) is 0.304. The molecule has 0 bridgehead atoms. The van der Waals surface area contributed by atoms with E-state index < -0.39 is 35.6 Å². The molecule has 5 nitrogen and oxygen atoms in total. The molecule has 0 fully saturated rings. The molecule has 0 saturated carbocycles. The number of nitrogens with zero attached hydrogens (tertiary/aromatic N) is 1. The van der Waals surface area contributed by atoms with E-state index in [2.05, 4.69) is 4.99 Å². The lowest BCUT2D eigenvalue weighted by Gasteiger charge is -2.31. The van der Waals surface area contributed by atoms with Crippen molar-refractivity contribution in [2.24, 2.45) is 4.99 Å². The molecule has 2 atom stereocenters. The number of rotatable bonds is 7. The molecule has 1 N–H and O–H groups in total. The van der Waals surface area contributed by atoms with Gasteiger partial charge in [0.1, 0.15) is 0 Å². The highest BCUT2D eigenvalue weighted by atomic mass is 35.5. The smallest absolute Gasteiger partial charge is 0.422 e. The summed E-state index contributed by atoms with van der Waals surface area (Å²) in [5.41, 5.74) is -3.83. The van der Waals surface area contributed by atoms with Gasteiger partial charge < -0.3 is 14.3 Å². The minimum atomic E-state index is -5.09. The molecule has 1 aromatic heterocycles. The Morgan fingerprint density at radius 1 is 1.21 bits per heavy atom. The fourth-order valence-corrected chi connectivity index (χ4v) is 3.74. The first-order valence-electron chi connectivity index (χ1n) is 9.89. The Balaban J connectivity index is 2.05. The zero-order valence-corrected chi connectivity index (χ0v) is 18.4. The second-order valence-electron chi connectivity index (χ2n) is 7.42. The zero-order chi connectivity index (χ0) is 24.4. The van der Waals surface area contributed by atoms with Crippen LogP contribution in [0.4, 0.5) is 23.2 Å². The van der Waals surface area contributed by atoms with Gasteiger partial charge >= 0.3 is 11.8 Å². The summed E-state index contributed by atoms with van der Waals surface area (Å²) >= 11 is 5.76. The van der Waals surface area contributed by atoms with Gasteiger partial charge in [-0.05, 0) is 43.0 Å². The fourth-order valence-electron chi connectivity index (χ4n) is 3.59. The summed E-state index contributed by atoms with van der Waals surface area (Å²) in [6.45, 7) is 1.61. The predicted octanol–water partition coefficient (Wildman–Crippen LogP) is 6.17. The molecular formula is C23H20ClF4NO4. The molecule has 3 rings (SSSR count). The van der Waals surface area contributed by atoms with Crippen LogP contribution in [0.5, 0.6) is 5.75 Å². The summed E-state index contributed by atoms with van der Waals surface area (Å²) in [6.07, 6.45) is -4.29. The van der Waals surface area contributed by atoms with Crippen LogP contribution in [0, 0.1) is 5.82 Å². The number of ether oxygens (including phenoxy) is 1. The van der Waals surface area contributed by atoms with E-state index in [1.165, 1.54) is 43.5 Å². The van der Waals surface area contributed by atoms with Gasteiger partial charge in [0.05, 0.1) is 29.5 Å². The third kappa shape index (κ3) is 4.89. The van der Waals surface area contributed by atoms with E-state index in [0.29, 0.717) is 6.21 Å². The van der Waals surface area contributed by atoms with Crippen LogP contribution in [0.1, 0.15) is 31.2 Å². The monoisotopic (exact) mass is 485 g/mol. The van der Waals surface area contributed by atoms with Gasteiger partial charge in [0.25, 0.3) is 0 Å². The maximum Gasteiger partial charge on any atom is 0.422 e. The number of halogens is 5. The van der Waals surface area contributed by atoms with Gasteiger partial charge in [-0.2, -0.15) is 13.2 Å². The van der Waals surface area contributed by atoms with Crippen molar-refractivity contribution in [1.82, 2.24) is 0 Å². The largest absolute Gasteiger partial charge is 0.493 e.